The van der Waals surface area contributed by atoms with Crippen LogP contribution in [0, 0.1) is 5.82 Å². The standard InChI is InChI=1S/C20H23FN2O2/c21-16-4-6-17(7-5-16)22-18-2-1-9-23(14-18)13-15-3-8-19-20(12-15)25-11-10-24-19/h3-8,12,18,22H,1-2,9-11,13-14H2/t18-/m0/s1. The third kappa shape index (κ3) is 4.04. The molecule has 0 amide bonds. The third-order valence-electron chi connectivity index (χ3n) is 4.73. The van der Waals surface area contributed by atoms with E-state index in [2.05, 4.69) is 22.3 Å². The van der Waals surface area contributed by atoms with Crippen LogP contribution in [0.15, 0.2) is 42.5 Å². The van der Waals surface area contributed by atoms with Gasteiger partial charge in [-0.2, -0.15) is 0 Å². The van der Waals surface area contributed by atoms with Crippen molar-refractivity contribution in [2.24, 2.45) is 0 Å². The number of likely N-dealkylation sites (tertiary alicyclic amines) is 1. The molecule has 25 heavy (non-hydrogen) atoms. The van der Waals surface area contributed by atoms with E-state index in [9.17, 15) is 4.39 Å². The van der Waals surface area contributed by atoms with Crippen LogP contribution < -0.4 is 14.8 Å². The predicted octanol–water partition coefficient (Wildman–Crippen LogP) is 3.67. The molecule has 1 atom stereocenters. The smallest absolute Gasteiger partial charge is 0.161 e. The average Bonchev–Trinajstić information content (AvgIpc) is 2.64. The molecule has 2 aromatic carbocycles. The van der Waals surface area contributed by atoms with Gasteiger partial charge in [0.2, 0.25) is 0 Å². The maximum Gasteiger partial charge on any atom is 0.161 e. The van der Waals surface area contributed by atoms with Crippen LogP contribution in [0.25, 0.3) is 0 Å². The number of anilines is 1. The third-order valence-corrected chi connectivity index (χ3v) is 4.73. The monoisotopic (exact) mass is 342 g/mol. The maximum atomic E-state index is 13.0. The molecule has 1 fully saturated rings. The van der Waals surface area contributed by atoms with Crippen molar-refractivity contribution in [3.63, 3.8) is 0 Å². The lowest BCUT2D eigenvalue weighted by molar-refractivity contribution is 0.170. The first kappa shape index (κ1) is 16.2. The molecular formula is C20H23FN2O2. The number of hydrogen-bond donors (Lipinski definition) is 1. The summed E-state index contributed by atoms with van der Waals surface area (Å²) >= 11 is 0. The second kappa shape index (κ2) is 7.31. The van der Waals surface area contributed by atoms with Gasteiger partial charge in [0, 0.05) is 24.8 Å². The van der Waals surface area contributed by atoms with Crippen molar-refractivity contribution < 1.29 is 13.9 Å². The van der Waals surface area contributed by atoms with E-state index in [1.165, 1.54) is 17.7 Å². The zero-order chi connectivity index (χ0) is 17.1. The summed E-state index contributed by atoms with van der Waals surface area (Å²) in [4.78, 5) is 2.45. The van der Waals surface area contributed by atoms with Crippen LogP contribution in [0.2, 0.25) is 0 Å². The van der Waals surface area contributed by atoms with E-state index < -0.39 is 0 Å². The van der Waals surface area contributed by atoms with Gasteiger partial charge in [-0.05, 0) is 61.3 Å². The zero-order valence-corrected chi connectivity index (χ0v) is 14.2. The highest BCUT2D eigenvalue weighted by Gasteiger charge is 2.20. The lowest BCUT2D eigenvalue weighted by atomic mass is 10.0. The van der Waals surface area contributed by atoms with Crippen molar-refractivity contribution in [3.05, 3.63) is 53.8 Å². The Morgan fingerprint density at radius 2 is 1.84 bits per heavy atom. The van der Waals surface area contributed by atoms with Crippen molar-refractivity contribution in [1.29, 1.82) is 0 Å². The minimum atomic E-state index is -0.200. The van der Waals surface area contributed by atoms with Gasteiger partial charge in [0.1, 0.15) is 19.0 Å². The molecule has 0 bridgehead atoms. The molecule has 4 nitrogen and oxygen atoms in total. The van der Waals surface area contributed by atoms with Crippen molar-refractivity contribution in [2.45, 2.75) is 25.4 Å². The summed E-state index contributed by atoms with van der Waals surface area (Å²) in [5, 5.41) is 3.52. The molecule has 0 aliphatic carbocycles. The number of halogens is 1. The molecule has 2 aliphatic heterocycles. The van der Waals surface area contributed by atoms with E-state index in [0.717, 1.165) is 49.7 Å². The van der Waals surface area contributed by atoms with Crippen molar-refractivity contribution in [2.75, 3.05) is 31.6 Å². The average molecular weight is 342 g/mol. The van der Waals surface area contributed by atoms with Crippen LogP contribution in [0.1, 0.15) is 18.4 Å². The number of rotatable bonds is 4. The highest BCUT2D eigenvalue weighted by atomic mass is 19.1. The second-order valence-electron chi connectivity index (χ2n) is 6.70. The minimum Gasteiger partial charge on any atom is -0.486 e. The quantitative estimate of drug-likeness (QED) is 0.919. The lowest BCUT2D eigenvalue weighted by Gasteiger charge is -2.34. The van der Waals surface area contributed by atoms with Crippen LogP contribution >= 0.6 is 0 Å². The van der Waals surface area contributed by atoms with E-state index >= 15 is 0 Å². The molecule has 0 radical (unpaired) electrons. The predicted molar refractivity (Wildman–Crippen MR) is 95.8 cm³/mol. The first-order valence-electron chi connectivity index (χ1n) is 8.89. The number of nitrogens with zero attached hydrogens (tertiary/aromatic N) is 1. The molecule has 5 heteroatoms. The van der Waals surface area contributed by atoms with Gasteiger partial charge < -0.3 is 14.8 Å². The lowest BCUT2D eigenvalue weighted by Crippen LogP contribution is -2.41. The summed E-state index contributed by atoms with van der Waals surface area (Å²) in [7, 11) is 0. The molecule has 0 saturated carbocycles. The Labute approximate surface area is 147 Å². The van der Waals surface area contributed by atoms with Crippen LogP contribution in [-0.4, -0.2) is 37.2 Å². The number of ether oxygens (including phenoxy) is 2. The van der Waals surface area contributed by atoms with E-state index in [0.29, 0.717) is 19.3 Å². The van der Waals surface area contributed by atoms with Crippen LogP contribution in [0.4, 0.5) is 10.1 Å². The van der Waals surface area contributed by atoms with Gasteiger partial charge >= 0.3 is 0 Å². The maximum absolute atomic E-state index is 13.0. The minimum absolute atomic E-state index is 0.200. The first-order valence-corrected chi connectivity index (χ1v) is 8.89. The summed E-state index contributed by atoms with van der Waals surface area (Å²) in [6.07, 6.45) is 2.29. The number of fused-ring (bicyclic) bond motifs is 1. The Morgan fingerprint density at radius 1 is 1.04 bits per heavy atom. The Balaban J connectivity index is 1.37. The number of piperidine rings is 1. The summed E-state index contributed by atoms with van der Waals surface area (Å²) in [6.45, 7) is 4.21. The fraction of sp³-hybridized carbons (Fsp3) is 0.400. The molecule has 1 N–H and O–H groups in total. The van der Waals surface area contributed by atoms with Crippen LogP contribution in [0.5, 0.6) is 11.5 Å². The highest BCUT2D eigenvalue weighted by Crippen LogP contribution is 2.31. The van der Waals surface area contributed by atoms with Gasteiger partial charge in [0.05, 0.1) is 0 Å². The molecular weight excluding hydrogens is 319 g/mol. The second-order valence-corrected chi connectivity index (χ2v) is 6.70. The van der Waals surface area contributed by atoms with Crippen LogP contribution in [0.3, 0.4) is 0 Å². The number of benzene rings is 2. The van der Waals surface area contributed by atoms with E-state index in [4.69, 9.17) is 9.47 Å². The Bertz CT molecular complexity index is 720. The van der Waals surface area contributed by atoms with E-state index in [1.54, 1.807) is 12.1 Å². The summed E-state index contributed by atoms with van der Waals surface area (Å²) < 4.78 is 24.3. The van der Waals surface area contributed by atoms with Gasteiger partial charge in [-0.15, -0.1) is 0 Å². The first-order chi connectivity index (χ1) is 12.3. The number of nitrogens with one attached hydrogen (secondary N) is 1. The van der Waals surface area contributed by atoms with Gasteiger partial charge in [0.15, 0.2) is 11.5 Å². The van der Waals surface area contributed by atoms with Crippen molar-refractivity contribution in [3.8, 4) is 11.5 Å². The fourth-order valence-corrected chi connectivity index (χ4v) is 3.54. The fourth-order valence-electron chi connectivity index (χ4n) is 3.54. The van der Waals surface area contributed by atoms with Crippen LogP contribution in [-0.2, 0) is 6.54 Å². The van der Waals surface area contributed by atoms with E-state index in [-0.39, 0.29) is 5.82 Å². The van der Waals surface area contributed by atoms with Gasteiger partial charge in [0.25, 0.3) is 0 Å². The molecule has 0 aromatic heterocycles. The summed E-state index contributed by atoms with van der Waals surface area (Å²) in [6, 6.07) is 13.2. The van der Waals surface area contributed by atoms with Crippen molar-refractivity contribution in [1.82, 2.24) is 4.90 Å². The summed E-state index contributed by atoms with van der Waals surface area (Å²) in [5.41, 5.74) is 2.22. The SMILES string of the molecule is Fc1ccc(N[C@H]2CCCN(Cc3ccc4c(c3)OCCO4)C2)cc1. The van der Waals surface area contributed by atoms with Gasteiger partial charge in [-0.3, -0.25) is 4.90 Å². The molecule has 132 valence electrons. The molecule has 0 spiro atoms. The number of hydrogen-bond acceptors (Lipinski definition) is 4. The van der Waals surface area contributed by atoms with Gasteiger partial charge in [-0.1, -0.05) is 6.07 Å². The molecule has 2 aromatic rings. The van der Waals surface area contributed by atoms with Crippen molar-refractivity contribution >= 4 is 5.69 Å². The highest BCUT2D eigenvalue weighted by molar-refractivity contribution is 5.45. The normalized spacial score (nSPS) is 20.3. The molecule has 1 saturated heterocycles. The molecule has 2 heterocycles. The molecule has 4 rings (SSSR count). The molecule has 0 unspecified atom stereocenters. The van der Waals surface area contributed by atoms with Gasteiger partial charge in [-0.25, -0.2) is 4.39 Å². The topological polar surface area (TPSA) is 33.7 Å². The Hall–Kier alpha value is -2.27. The zero-order valence-electron chi connectivity index (χ0n) is 14.2. The largest absolute Gasteiger partial charge is 0.486 e. The summed E-state index contributed by atoms with van der Waals surface area (Å²) in [5.74, 6) is 1.49. The van der Waals surface area contributed by atoms with E-state index in [1.807, 2.05) is 6.07 Å². The Kier molecular flexibility index (Phi) is 4.74. The molecule has 2 aliphatic rings. The Morgan fingerprint density at radius 3 is 2.68 bits per heavy atom.